The highest BCUT2D eigenvalue weighted by Gasteiger charge is 2.38. The molecule has 4 rings (SSSR count). The van der Waals surface area contributed by atoms with Crippen molar-refractivity contribution in [2.24, 2.45) is 0 Å². The number of hydrogen-bond acceptors (Lipinski definition) is 6. The number of nitrogens with zero attached hydrogens (tertiary/aromatic N) is 1. The molecule has 1 aromatic heterocycles. The van der Waals surface area contributed by atoms with E-state index in [1.54, 1.807) is 78.1 Å². The summed E-state index contributed by atoms with van der Waals surface area (Å²) < 4.78 is 5.96. The van der Waals surface area contributed by atoms with Crippen LogP contribution in [0.1, 0.15) is 47.2 Å². The molecular weight excluding hydrogens is 514 g/mol. The summed E-state index contributed by atoms with van der Waals surface area (Å²) in [6.07, 6.45) is 2.08. The monoisotopic (exact) mass is 545 g/mol. The summed E-state index contributed by atoms with van der Waals surface area (Å²) in [4.78, 5) is 26.6. The van der Waals surface area contributed by atoms with Crippen LogP contribution in [0.5, 0.6) is 5.75 Å². The van der Waals surface area contributed by atoms with Crippen molar-refractivity contribution in [3.05, 3.63) is 113 Å². The van der Waals surface area contributed by atoms with Gasteiger partial charge in [-0.05, 0) is 54.5 Å². The normalized spacial score (nSPS) is 11.2. The average molecular weight is 546 g/mol. The molecule has 0 atom stereocenters. The maximum atomic E-state index is 13.8. The van der Waals surface area contributed by atoms with E-state index in [1.807, 2.05) is 29.6 Å². The van der Waals surface area contributed by atoms with E-state index in [0.29, 0.717) is 42.7 Å². The molecule has 0 radical (unpaired) electrons. The zero-order chi connectivity index (χ0) is 27.7. The van der Waals surface area contributed by atoms with Gasteiger partial charge in [0, 0.05) is 28.0 Å². The fourth-order valence-corrected chi connectivity index (χ4v) is 4.93. The highest BCUT2D eigenvalue weighted by Crippen LogP contribution is 2.31. The molecule has 0 aliphatic heterocycles. The zero-order valence-corrected chi connectivity index (χ0v) is 22.2. The molecule has 1 amide bonds. The Morgan fingerprint density at radius 1 is 0.821 bits per heavy atom. The number of rotatable bonds is 13. The number of hydrogen-bond donors (Lipinski definition) is 3. The van der Waals surface area contributed by atoms with Gasteiger partial charge >= 0.3 is 5.97 Å². The van der Waals surface area contributed by atoms with Gasteiger partial charge in [-0.2, -0.15) is 0 Å². The molecular formula is C31H31NO6S. The second kappa shape index (κ2) is 13.2. The quantitative estimate of drug-likeness (QED) is 0.143. The largest absolute Gasteiger partial charge is 0.493 e. The molecule has 1 heterocycles. The standard InChI is InChI=1S/C31H31NO6S/c33-29(34)15-5-2-8-20-38-27-13-7-6-10-25(27)22-32(31(36,37)26-11-3-1-4-12-26)30(35)24-18-16-23(17-19-24)28-14-9-21-39-28/h1,3-4,6-7,9-14,16-19,21,36-37H,2,5,8,15,20,22H2,(H,33,34). The Morgan fingerprint density at radius 3 is 2.23 bits per heavy atom. The van der Waals surface area contributed by atoms with Gasteiger partial charge < -0.3 is 20.1 Å². The van der Waals surface area contributed by atoms with Gasteiger partial charge in [0.1, 0.15) is 5.75 Å². The van der Waals surface area contributed by atoms with Crippen LogP contribution in [0.15, 0.2) is 96.4 Å². The summed E-state index contributed by atoms with van der Waals surface area (Å²) in [7, 11) is 0. The molecule has 0 aliphatic rings. The first kappa shape index (κ1) is 28.0. The van der Waals surface area contributed by atoms with Gasteiger partial charge in [0.15, 0.2) is 0 Å². The number of amides is 1. The Bertz CT molecular complexity index is 1350. The number of carboxylic acids is 1. The molecule has 202 valence electrons. The van der Waals surface area contributed by atoms with Crippen LogP contribution in [-0.4, -0.2) is 38.7 Å². The van der Waals surface area contributed by atoms with E-state index in [4.69, 9.17) is 9.84 Å². The van der Waals surface area contributed by atoms with Crippen LogP contribution in [0.3, 0.4) is 0 Å². The minimum absolute atomic E-state index is 0.122. The summed E-state index contributed by atoms with van der Waals surface area (Å²) in [5.41, 5.74) is 2.05. The molecule has 0 spiro atoms. The van der Waals surface area contributed by atoms with Gasteiger partial charge in [0.25, 0.3) is 11.8 Å². The molecule has 7 nitrogen and oxygen atoms in total. The molecule has 8 heteroatoms. The average Bonchev–Trinajstić information content (AvgIpc) is 3.49. The SMILES string of the molecule is O=C(O)CCCCCOc1ccccc1CN(C(=O)c1ccc(-c2cccs2)cc1)C(O)(O)c1ccccc1. The van der Waals surface area contributed by atoms with Crippen molar-refractivity contribution in [2.45, 2.75) is 38.1 Å². The maximum Gasteiger partial charge on any atom is 0.303 e. The van der Waals surface area contributed by atoms with Crippen molar-refractivity contribution in [3.63, 3.8) is 0 Å². The summed E-state index contributed by atoms with van der Waals surface area (Å²) >= 11 is 1.60. The maximum absolute atomic E-state index is 13.8. The number of thiophene rings is 1. The van der Waals surface area contributed by atoms with E-state index in [2.05, 4.69) is 0 Å². The summed E-state index contributed by atoms with van der Waals surface area (Å²) in [5, 5.41) is 33.4. The molecule has 0 unspecified atom stereocenters. The number of unbranched alkanes of at least 4 members (excludes halogenated alkanes) is 2. The summed E-state index contributed by atoms with van der Waals surface area (Å²) in [6, 6.07) is 26.4. The van der Waals surface area contributed by atoms with Crippen molar-refractivity contribution in [1.29, 1.82) is 0 Å². The summed E-state index contributed by atoms with van der Waals surface area (Å²) in [6.45, 7) is 0.249. The Balaban J connectivity index is 1.57. The van der Waals surface area contributed by atoms with Crippen LogP contribution in [-0.2, 0) is 17.3 Å². The number of aliphatic hydroxyl groups is 2. The van der Waals surface area contributed by atoms with Crippen LogP contribution >= 0.6 is 11.3 Å². The Labute approximate surface area is 231 Å². The second-order valence-corrected chi connectivity index (χ2v) is 10.1. The molecule has 4 aromatic rings. The lowest BCUT2D eigenvalue weighted by atomic mass is 10.1. The second-order valence-electron chi connectivity index (χ2n) is 9.11. The number of ether oxygens (including phenoxy) is 1. The highest BCUT2D eigenvalue weighted by atomic mass is 32.1. The Hall–Kier alpha value is -3.98. The fraction of sp³-hybridized carbons (Fsp3) is 0.226. The molecule has 0 fully saturated rings. The third-order valence-corrected chi connectivity index (χ3v) is 7.23. The first-order chi connectivity index (χ1) is 18.9. The van der Waals surface area contributed by atoms with Crippen molar-refractivity contribution in [3.8, 4) is 16.2 Å². The first-order valence-corrected chi connectivity index (χ1v) is 13.6. The van der Waals surface area contributed by atoms with Gasteiger partial charge in [0.2, 0.25) is 0 Å². The number of para-hydroxylation sites is 1. The third kappa shape index (κ3) is 7.32. The van der Waals surface area contributed by atoms with Gasteiger partial charge in [0.05, 0.1) is 13.2 Å². The highest BCUT2D eigenvalue weighted by molar-refractivity contribution is 7.13. The molecule has 3 aromatic carbocycles. The van der Waals surface area contributed by atoms with E-state index in [-0.39, 0.29) is 18.5 Å². The van der Waals surface area contributed by atoms with Gasteiger partial charge in [-0.25, -0.2) is 0 Å². The van der Waals surface area contributed by atoms with Crippen LogP contribution in [0, 0.1) is 0 Å². The van der Waals surface area contributed by atoms with Gasteiger partial charge in [-0.15, -0.1) is 11.3 Å². The third-order valence-electron chi connectivity index (χ3n) is 6.31. The van der Waals surface area contributed by atoms with Crippen molar-refractivity contribution in [2.75, 3.05) is 6.61 Å². The minimum Gasteiger partial charge on any atom is -0.493 e. The predicted octanol–water partition coefficient (Wildman–Crippen LogP) is 5.88. The molecule has 0 saturated carbocycles. The van der Waals surface area contributed by atoms with Crippen LogP contribution in [0.2, 0.25) is 0 Å². The van der Waals surface area contributed by atoms with Crippen LogP contribution < -0.4 is 4.74 Å². The van der Waals surface area contributed by atoms with E-state index in [1.165, 1.54) is 0 Å². The molecule has 0 saturated heterocycles. The van der Waals surface area contributed by atoms with Crippen molar-refractivity contribution in [1.82, 2.24) is 4.90 Å². The summed E-state index contributed by atoms with van der Waals surface area (Å²) in [5.74, 6) is -3.44. The van der Waals surface area contributed by atoms with E-state index in [0.717, 1.165) is 15.3 Å². The lowest BCUT2D eigenvalue weighted by Gasteiger charge is -2.36. The van der Waals surface area contributed by atoms with Gasteiger partial charge in [-0.1, -0.05) is 66.7 Å². The molecule has 3 N–H and O–H groups in total. The smallest absolute Gasteiger partial charge is 0.303 e. The predicted molar refractivity (Wildman–Crippen MR) is 150 cm³/mol. The first-order valence-electron chi connectivity index (χ1n) is 12.7. The number of carboxylic acid groups (broad SMARTS) is 1. The zero-order valence-electron chi connectivity index (χ0n) is 21.4. The van der Waals surface area contributed by atoms with Crippen LogP contribution in [0.4, 0.5) is 0 Å². The topological polar surface area (TPSA) is 107 Å². The Kier molecular flexibility index (Phi) is 9.49. The Morgan fingerprint density at radius 2 is 1.54 bits per heavy atom. The fourth-order valence-electron chi connectivity index (χ4n) is 4.20. The van der Waals surface area contributed by atoms with Crippen molar-refractivity contribution >= 4 is 23.2 Å². The number of benzene rings is 3. The number of carbonyl (C=O) groups is 2. The lowest BCUT2D eigenvalue weighted by molar-refractivity contribution is -0.259. The molecule has 39 heavy (non-hydrogen) atoms. The molecule has 0 bridgehead atoms. The van der Waals surface area contributed by atoms with E-state index in [9.17, 15) is 19.8 Å². The minimum atomic E-state index is -2.59. The number of aliphatic carboxylic acids is 1. The van der Waals surface area contributed by atoms with Crippen LogP contribution in [0.25, 0.3) is 10.4 Å². The van der Waals surface area contributed by atoms with Gasteiger partial charge in [-0.3, -0.25) is 14.5 Å². The molecule has 0 aliphatic carbocycles. The van der Waals surface area contributed by atoms with Crippen molar-refractivity contribution < 1.29 is 29.6 Å². The van der Waals surface area contributed by atoms with E-state index >= 15 is 0 Å². The van der Waals surface area contributed by atoms with E-state index < -0.39 is 17.8 Å². The lowest BCUT2D eigenvalue weighted by Crippen LogP contribution is -2.49. The number of carbonyl (C=O) groups excluding carboxylic acids is 1.